The van der Waals surface area contributed by atoms with Crippen molar-refractivity contribution in [3.8, 4) is 5.75 Å². The summed E-state index contributed by atoms with van der Waals surface area (Å²) in [5, 5.41) is 0. The third kappa shape index (κ3) is 5.06. The highest BCUT2D eigenvalue weighted by Crippen LogP contribution is 2.20. The minimum absolute atomic E-state index is 0.217. The van der Waals surface area contributed by atoms with E-state index in [2.05, 4.69) is 17.0 Å². The summed E-state index contributed by atoms with van der Waals surface area (Å²) in [7, 11) is -1.99. The predicted octanol–water partition coefficient (Wildman–Crippen LogP) is 2.97. The van der Waals surface area contributed by atoms with Crippen LogP contribution in [0.1, 0.15) is 12.0 Å². The van der Waals surface area contributed by atoms with Gasteiger partial charge in [0.1, 0.15) is 5.75 Å². The Balaban J connectivity index is 1.43. The second-order valence-corrected chi connectivity index (χ2v) is 8.22. The first-order chi connectivity index (χ1) is 12.6. The summed E-state index contributed by atoms with van der Waals surface area (Å²) in [6.45, 7) is 3.07. The summed E-state index contributed by atoms with van der Waals surface area (Å²) in [6.07, 6.45) is 1.94. The van der Waals surface area contributed by atoms with Gasteiger partial charge < -0.3 is 9.64 Å². The lowest BCUT2D eigenvalue weighted by Crippen LogP contribution is -2.25. The topological polar surface area (TPSA) is 55.8 Å². The Kier molecular flexibility index (Phi) is 6.29. The van der Waals surface area contributed by atoms with Crippen LogP contribution in [0.15, 0.2) is 59.5 Å². The van der Waals surface area contributed by atoms with Crippen molar-refractivity contribution >= 4 is 10.1 Å². The zero-order chi connectivity index (χ0) is 18.4. The monoisotopic (exact) mass is 375 g/mol. The normalized spacial score (nSPS) is 18.1. The fourth-order valence-electron chi connectivity index (χ4n) is 3.17. The Bertz CT molecular complexity index is 790. The summed E-state index contributed by atoms with van der Waals surface area (Å²) in [5.74, 6) is 1.12. The van der Waals surface area contributed by atoms with E-state index in [1.54, 1.807) is 37.4 Å². The van der Waals surface area contributed by atoms with Crippen LogP contribution in [-0.2, 0) is 20.7 Å². The number of ether oxygens (including phenoxy) is 1. The highest BCUT2D eigenvalue weighted by Gasteiger charge is 2.25. The van der Waals surface area contributed by atoms with Crippen LogP contribution in [0.3, 0.4) is 0 Å². The lowest BCUT2D eigenvalue weighted by atomic mass is 10.1. The summed E-state index contributed by atoms with van der Waals surface area (Å²) >= 11 is 0. The largest absolute Gasteiger partial charge is 0.497 e. The van der Waals surface area contributed by atoms with E-state index in [1.165, 1.54) is 5.56 Å². The van der Waals surface area contributed by atoms with Crippen molar-refractivity contribution in [2.45, 2.75) is 17.7 Å². The highest BCUT2D eigenvalue weighted by molar-refractivity contribution is 7.86. The van der Waals surface area contributed by atoms with E-state index >= 15 is 0 Å². The standard InChI is InChI=1S/C20H25NO4S/c1-24-19-9-7-17(8-10-19)11-13-21-14-12-18(15-21)16-25-26(22,23)20-5-3-2-4-6-20/h2-10,18H,11-16H2,1H3. The van der Waals surface area contributed by atoms with E-state index in [9.17, 15) is 8.42 Å². The fraction of sp³-hybridized carbons (Fsp3) is 0.400. The van der Waals surface area contributed by atoms with Crippen LogP contribution in [0.4, 0.5) is 0 Å². The zero-order valence-electron chi connectivity index (χ0n) is 15.0. The molecule has 5 nitrogen and oxygen atoms in total. The van der Waals surface area contributed by atoms with Crippen molar-refractivity contribution in [3.63, 3.8) is 0 Å². The molecule has 0 aliphatic carbocycles. The second-order valence-electron chi connectivity index (χ2n) is 6.61. The first-order valence-electron chi connectivity index (χ1n) is 8.86. The van der Waals surface area contributed by atoms with Gasteiger partial charge in [-0.1, -0.05) is 30.3 Å². The van der Waals surface area contributed by atoms with Crippen molar-refractivity contribution in [2.24, 2.45) is 5.92 Å². The molecule has 2 aromatic carbocycles. The SMILES string of the molecule is COc1ccc(CCN2CCC(COS(=O)(=O)c3ccccc3)C2)cc1. The number of benzene rings is 2. The molecular formula is C20H25NO4S. The molecule has 1 fully saturated rings. The summed E-state index contributed by atoms with van der Waals surface area (Å²) in [5.41, 5.74) is 1.28. The fourth-order valence-corrected chi connectivity index (χ4v) is 4.17. The van der Waals surface area contributed by atoms with Gasteiger partial charge >= 0.3 is 0 Å². The maximum Gasteiger partial charge on any atom is 0.296 e. The van der Waals surface area contributed by atoms with Crippen LogP contribution in [0.5, 0.6) is 5.75 Å². The molecule has 1 atom stereocenters. The Labute approximate surface area is 155 Å². The van der Waals surface area contributed by atoms with Gasteiger partial charge in [0.25, 0.3) is 10.1 Å². The van der Waals surface area contributed by atoms with Gasteiger partial charge in [0, 0.05) is 13.1 Å². The molecule has 0 spiro atoms. The highest BCUT2D eigenvalue weighted by atomic mass is 32.2. The molecule has 26 heavy (non-hydrogen) atoms. The van der Waals surface area contributed by atoms with Crippen LogP contribution in [0.2, 0.25) is 0 Å². The average molecular weight is 375 g/mol. The van der Waals surface area contributed by atoms with Gasteiger partial charge in [-0.05, 0) is 55.1 Å². The van der Waals surface area contributed by atoms with E-state index in [-0.39, 0.29) is 17.4 Å². The number of rotatable bonds is 8. The summed E-state index contributed by atoms with van der Waals surface area (Å²) in [4.78, 5) is 2.59. The average Bonchev–Trinajstić information content (AvgIpc) is 3.14. The van der Waals surface area contributed by atoms with Gasteiger partial charge in [0.2, 0.25) is 0 Å². The van der Waals surface area contributed by atoms with Crippen molar-refractivity contribution < 1.29 is 17.3 Å². The Hall–Kier alpha value is -1.89. The molecule has 0 N–H and O–H groups in total. The smallest absolute Gasteiger partial charge is 0.296 e. The molecule has 3 rings (SSSR count). The minimum Gasteiger partial charge on any atom is -0.497 e. The molecule has 1 aliphatic rings. The molecule has 0 bridgehead atoms. The van der Waals surface area contributed by atoms with Gasteiger partial charge in [0.05, 0.1) is 18.6 Å². The molecule has 1 aliphatic heterocycles. The molecule has 0 aromatic heterocycles. The molecule has 1 saturated heterocycles. The molecule has 1 unspecified atom stereocenters. The molecule has 0 radical (unpaired) electrons. The van der Waals surface area contributed by atoms with E-state index in [4.69, 9.17) is 8.92 Å². The molecule has 0 amide bonds. The summed E-state index contributed by atoms with van der Waals surface area (Å²) in [6, 6.07) is 16.4. The van der Waals surface area contributed by atoms with E-state index in [1.807, 2.05) is 12.1 Å². The van der Waals surface area contributed by atoms with Crippen LogP contribution in [0, 0.1) is 5.92 Å². The first kappa shape index (κ1) is 18.9. The number of methoxy groups -OCH3 is 1. The summed E-state index contributed by atoms with van der Waals surface area (Å²) < 4.78 is 34.8. The lowest BCUT2D eigenvalue weighted by Gasteiger charge is -2.16. The predicted molar refractivity (Wildman–Crippen MR) is 101 cm³/mol. The van der Waals surface area contributed by atoms with Crippen LogP contribution >= 0.6 is 0 Å². The number of nitrogens with zero attached hydrogens (tertiary/aromatic N) is 1. The molecule has 1 heterocycles. The minimum atomic E-state index is -3.66. The van der Waals surface area contributed by atoms with E-state index in [0.29, 0.717) is 0 Å². The Morgan fingerprint density at radius 3 is 2.50 bits per heavy atom. The Morgan fingerprint density at radius 1 is 1.08 bits per heavy atom. The van der Waals surface area contributed by atoms with Crippen LogP contribution < -0.4 is 4.74 Å². The van der Waals surface area contributed by atoms with Gasteiger partial charge in [-0.15, -0.1) is 0 Å². The molecular weight excluding hydrogens is 350 g/mol. The van der Waals surface area contributed by atoms with Gasteiger partial charge in [-0.25, -0.2) is 0 Å². The van der Waals surface area contributed by atoms with Gasteiger partial charge in [0.15, 0.2) is 0 Å². The van der Waals surface area contributed by atoms with E-state index < -0.39 is 10.1 Å². The van der Waals surface area contributed by atoms with Gasteiger partial charge in [-0.2, -0.15) is 8.42 Å². The van der Waals surface area contributed by atoms with Crippen molar-refractivity contribution in [3.05, 3.63) is 60.2 Å². The van der Waals surface area contributed by atoms with Crippen molar-refractivity contribution in [1.29, 1.82) is 0 Å². The maximum absolute atomic E-state index is 12.2. The quantitative estimate of drug-likeness (QED) is 0.664. The molecule has 2 aromatic rings. The third-order valence-corrected chi connectivity index (χ3v) is 6.03. The van der Waals surface area contributed by atoms with Crippen molar-refractivity contribution in [1.82, 2.24) is 4.90 Å². The lowest BCUT2D eigenvalue weighted by molar-refractivity contribution is 0.246. The van der Waals surface area contributed by atoms with Crippen LogP contribution in [0.25, 0.3) is 0 Å². The first-order valence-corrected chi connectivity index (χ1v) is 10.3. The van der Waals surface area contributed by atoms with Crippen molar-refractivity contribution in [2.75, 3.05) is 33.4 Å². The van der Waals surface area contributed by atoms with Crippen LogP contribution in [-0.4, -0.2) is 46.7 Å². The zero-order valence-corrected chi connectivity index (χ0v) is 15.8. The molecule has 140 valence electrons. The molecule has 6 heteroatoms. The number of hydrogen-bond donors (Lipinski definition) is 0. The Morgan fingerprint density at radius 2 is 1.81 bits per heavy atom. The maximum atomic E-state index is 12.2. The van der Waals surface area contributed by atoms with E-state index in [0.717, 1.165) is 38.2 Å². The molecule has 0 saturated carbocycles. The third-order valence-electron chi connectivity index (χ3n) is 4.74. The second kappa shape index (κ2) is 8.66. The number of likely N-dealkylation sites (tertiary alicyclic amines) is 1. The number of hydrogen-bond acceptors (Lipinski definition) is 5. The van der Waals surface area contributed by atoms with Gasteiger partial charge in [-0.3, -0.25) is 4.18 Å².